The summed E-state index contributed by atoms with van der Waals surface area (Å²) in [5.74, 6) is -1.17. The second-order valence-electron chi connectivity index (χ2n) is 6.76. The van der Waals surface area contributed by atoms with Gasteiger partial charge in [-0.2, -0.15) is 9.78 Å². The van der Waals surface area contributed by atoms with Crippen LogP contribution < -0.4 is 16.2 Å². The van der Waals surface area contributed by atoms with Crippen molar-refractivity contribution in [2.24, 2.45) is 0 Å². The fraction of sp³-hybridized carbons (Fsp3) is 0.368. The second-order valence-corrected chi connectivity index (χ2v) is 6.76. The summed E-state index contributed by atoms with van der Waals surface area (Å²) in [6.07, 6.45) is 7.32. The molecule has 0 fully saturated rings. The number of nitrogens with one attached hydrogen (secondary N) is 3. The van der Waals surface area contributed by atoms with Gasteiger partial charge in [-0.1, -0.05) is 13.3 Å². The normalized spacial score (nSPS) is 10.7. The number of H-pyrrole nitrogens is 1. The number of carbonyl (C=O) groups excluding carboxylic acids is 2. The van der Waals surface area contributed by atoms with Crippen LogP contribution in [-0.4, -0.2) is 47.7 Å². The van der Waals surface area contributed by atoms with Gasteiger partial charge < -0.3 is 15.2 Å². The molecule has 2 amide bonds. The molecule has 0 atom stereocenters. The van der Waals surface area contributed by atoms with Gasteiger partial charge in [-0.25, -0.2) is 9.97 Å². The van der Waals surface area contributed by atoms with Crippen molar-refractivity contribution in [1.82, 2.24) is 34.6 Å². The van der Waals surface area contributed by atoms with Gasteiger partial charge in [0.25, 0.3) is 5.56 Å². The minimum atomic E-state index is -0.828. The molecule has 30 heavy (non-hydrogen) atoms. The van der Waals surface area contributed by atoms with Crippen molar-refractivity contribution >= 4 is 17.6 Å². The van der Waals surface area contributed by atoms with E-state index in [9.17, 15) is 14.4 Å². The molecule has 0 saturated heterocycles. The highest BCUT2D eigenvalue weighted by atomic mass is 16.2. The number of nitrogens with zero attached hydrogens (tertiary/aromatic N) is 5. The van der Waals surface area contributed by atoms with E-state index >= 15 is 0 Å². The molecule has 11 heteroatoms. The number of rotatable bonds is 8. The van der Waals surface area contributed by atoms with E-state index < -0.39 is 11.8 Å². The van der Waals surface area contributed by atoms with E-state index in [0.717, 1.165) is 6.42 Å². The Morgan fingerprint density at radius 2 is 2.07 bits per heavy atom. The van der Waals surface area contributed by atoms with E-state index in [1.54, 1.807) is 25.5 Å². The summed E-state index contributed by atoms with van der Waals surface area (Å²) >= 11 is 0. The maximum Gasteiger partial charge on any atom is 0.314 e. The van der Waals surface area contributed by atoms with Gasteiger partial charge >= 0.3 is 11.8 Å². The molecule has 0 aliphatic heterocycles. The van der Waals surface area contributed by atoms with E-state index in [2.05, 4.69) is 30.7 Å². The van der Waals surface area contributed by atoms with Crippen molar-refractivity contribution in [2.75, 3.05) is 11.9 Å². The topological polar surface area (TPSA) is 140 Å². The summed E-state index contributed by atoms with van der Waals surface area (Å²) in [7, 11) is 0. The first-order valence-electron chi connectivity index (χ1n) is 9.68. The zero-order valence-corrected chi connectivity index (χ0v) is 16.9. The molecular formula is C19H24N8O3. The van der Waals surface area contributed by atoms with Crippen LogP contribution in [0, 0.1) is 6.92 Å². The molecule has 3 heterocycles. The number of imidazole rings is 1. The molecule has 0 spiro atoms. The van der Waals surface area contributed by atoms with E-state index in [1.807, 2.05) is 17.7 Å². The van der Waals surface area contributed by atoms with Crippen LogP contribution >= 0.6 is 0 Å². The smallest absolute Gasteiger partial charge is 0.314 e. The van der Waals surface area contributed by atoms with Gasteiger partial charge in [-0.3, -0.25) is 19.4 Å². The molecule has 0 aliphatic carbocycles. The highest BCUT2D eigenvalue weighted by molar-refractivity contribution is 6.39. The second kappa shape index (κ2) is 9.63. The van der Waals surface area contributed by atoms with Crippen molar-refractivity contribution in [2.45, 2.75) is 39.7 Å². The fourth-order valence-corrected chi connectivity index (χ4v) is 2.86. The Hall–Kier alpha value is -3.76. The summed E-state index contributed by atoms with van der Waals surface area (Å²) in [5.41, 5.74) is 0.899. The van der Waals surface area contributed by atoms with Crippen LogP contribution in [0.1, 0.15) is 31.2 Å². The SMILES string of the molecule is CCCc1cc(=O)[nH]c(-n2nc(C)cc2NC(=O)C(=O)NCCCn2ccnc2)n1. The summed E-state index contributed by atoms with van der Waals surface area (Å²) in [5, 5.41) is 9.37. The van der Waals surface area contributed by atoms with Crippen LogP contribution in [0.25, 0.3) is 5.95 Å². The molecule has 0 saturated carbocycles. The summed E-state index contributed by atoms with van der Waals surface area (Å²) in [4.78, 5) is 47.3. The third kappa shape index (κ3) is 5.40. The lowest BCUT2D eigenvalue weighted by molar-refractivity contribution is -0.136. The molecular weight excluding hydrogens is 388 g/mol. The molecule has 0 radical (unpaired) electrons. The maximum absolute atomic E-state index is 12.3. The number of aromatic amines is 1. The Bertz CT molecular complexity index is 1070. The van der Waals surface area contributed by atoms with Crippen molar-refractivity contribution < 1.29 is 9.59 Å². The van der Waals surface area contributed by atoms with Crippen LogP contribution in [0.2, 0.25) is 0 Å². The largest absolute Gasteiger partial charge is 0.348 e. The standard InChI is InChI=1S/C19H24N8O3/c1-3-5-14-11-16(28)24-19(22-14)27-15(10-13(2)25-27)23-18(30)17(29)21-6-4-8-26-9-7-20-12-26/h7,9-12H,3-6,8H2,1-2H3,(H,21,29)(H,23,30)(H,22,24,28). The lowest BCUT2D eigenvalue weighted by Gasteiger charge is -2.09. The van der Waals surface area contributed by atoms with E-state index in [1.165, 1.54) is 10.7 Å². The lowest BCUT2D eigenvalue weighted by atomic mass is 10.2. The van der Waals surface area contributed by atoms with Crippen LogP contribution in [0.3, 0.4) is 0 Å². The highest BCUT2D eigenvalue weighted by Crippen LogP contribution is 2.14. The number of hydrogen-bond acceptors (Lipinski definition) is 6. The summed E-state index contributed by atoms with van der Waals surface area (Å²) in [6.45, 7) is 4.74. The predicted octanol–water partition coefficient (Wildman–Crippen LogP) is 0.558. The minimum Gasteiger partial charge on any atom is -0.348 e. The van der Waals surface area contributed by atoms with Crippen LogP contribution in [-0.2, 0) is 22.6 Å². The average molecular weight is 412 g/mol. The summed E-state index contributed by atoms with van der Waals surface area (Å²) < 4.78 is 3.19. The summed E-state index contributed by atoms with van der Waals surface area (Å²) in [6, 6.07) is 3.02. The third-order valence-corrected chi connectivity index (χ3v) is 4.21. The molecule has 3 aromatic heterocycles. The van der Waals surface area contributed by atoms with Crippen molar-refractivity contribution in [3.8, 4) is 5.95 Å². The first-order valence-corrected chi connectivity index (χ1v) is 9.68. The third-order valence-electron chi connectivity index (χ3n) is 4.21. The van der Waals surface area contributed by atoms with Gasteiger partial charge in [0.1, 0.15) is 5.82 Å². The molecule has 0 aliphatic rings. The molecule has 3 rings (SSSR count). The molecule has 0 bridgehead atoms. The Balaban J connectivity index is 1.64. The van der Waals surface area contributed by atoms with Crippen molar-refractivity contribution in [3.05, 3.63) is 52.6 Å². The monoisotopic (exact) mass is 412 g/mol. The van der Waals surface area contributed by atoms with E-state index in [4.69, 9.17) is 0 Å². The molecule has 0 unspecified atom stereocenters. The molecule has 0 aromatic carbocycles. The number of amides is 2. The molecule has 158 valence electrons. The van der Waals surface area contributed by atoms with Gasteiger partial charge in [0.15, 0.2) is 0 Å². The molecule has 11 nitrogen and oxygen atoms in total. The number of aromatic nitrogens is 6. The van der Waals surface area contributed by atoms with E-state index in [0.29, 0.717) is 37.3 Å². The number of aryl methyl sites for hydroxylation is 3. The van der Waals surface area contributed by atoms with Crippen LogP contribution in [0.5, 0.6) is 0 Å². The Labute approximate surface area is 172 Å². The number of anilines is 1. The Morgan fingerprint density at radius 3 is 2.80 bits per heavy atom. The molecule has 3 N–H and O–H groups in total. The lowest BCUT2D eigenvalue weighted by Crippen LogP contribution is -2.36. The van der Waals surface area contributed by atoms with Crippen LogP contribution in [0.15, 0.2) is 35.6 Å². The highest BCUT2D eigenvalue weighted by Gasteiger charge is 2.18. The maximum atomic E-state index is 12.3. The van der Waals surface area contributed by atoms with Gasteiger partial charge in [0, 0.05) is 43.3 Å². The predicted molar refractivity (Wildman–Crippen MR) is 109 cm³/mol. The molecule has 3 aromatic rings. The fourth-order valence-electron chi connectivity index (χ4n) is 2.86. The van der Waals surface area contributed by atoms with Gasteiger partial charge in [-0.15, -0.1) is 0 Å². The van der Waals surface area contributed by atoms with Gasteiger partial charge in [0.05, 0.1) is 12.0 Å². The minimum absolute atomic E-state index is 0.176. The Kier molecular flexibility index (Phi) is 6.73. The first kappa shape index (κ1) is 21.0. The van der Waals surface area contributed by atoms with Gasteiger partial charge in [0.2, 0.25) is 5.95 Å². The first-order chi connectivity index (χ1) is 14.5. The number of carbonyl (C=O) groups is 2. The van der Waals surface area contributed by atoms with Crippen LogP contribution in [0.4, 0.5) is 5.82 Å². The number of hydrogen-bond donors (Lipinski definition) is 3. The van der Waals surface area contributed by atoms with Crippen molar-refractivity contribution in [1.29, 1.82) is 0 Å². The van der Waals surface area contributed by atoms with Crippen molar-refractivity contribution in [3.63, 3.8) is 0 Å². The van der Waals surface area contributed by atoms with Gasteiger partial charge in [-0.05, 0) is 19.8 Å². The zero-order valence-electron chi connectivity index (χ0n) is 16.9. The van der Waals surface area contributed by atoms with E-state index in [-0.39, 0.29) is 17.3 Å². The Morgan fingerprint density at radius 1 is 1.23 bits per heavy atom. The average Bonchev–Trinajstić information content (AvgIpc) is 3.34. The quantitative estimate of drug-likeness (QED) is 0.365. The zero-order chi connectivity index (χ0) is 21.5.